The van der Waals surface area contributed by atoms with Gasteiger partial charge in [0.25, 0.3) is 0 Å². The minimum absolute atomic E-state index is 0.0212. The summed E-state index contributed by atoms with van der Waals surface area (Å²) in [5.74, 6) is 0.0212. The highest BCUT2D eigenvalue weighted by atomic mass is 32.2. The molecule has 3 aromatic rings. The monoisotopic (exact) mass is 681 g/mol. The third-order valence-electron chi connectivity index (χ3n) is 5.91. The fourth-order valence-electron chi connectivity index (χ4n) is 3.98. The van der Waals surface area contributed by atoms with Gasteiger partial charge in [0, 0.05) is 26.6 Å². The Morgan fingerprint density at radius 1 is 1.02 bits per heavy atom. The maximum atomic E-state index is 12.4. The van der Waals surface area contributed by atoms with Crippen LogP contribution in [0.2, 0.25) is 0 Å². The predicted octanol–water partition coefficient (Wildman–Crippen LogP) is 12.0. The summed E-state index contributed by atoms with van der Waals surface area (Å²) in [7, 11) is -0.642. The molecule has 0 saturated carbocycles. The third-order valence-corrected chi connectivity index (χ3v) is 11.3. The molecule has 0 bridgehead atoms. The zero-order valence-corrected chi connectivity index (χ0v) is 31.4. The molecule has 0 aliphatic heterocycles. The van der Waals surface area contributed by atoms with Gasteiger partial charge in [-0.2, -0.15) is 3.77 Å². The number of thioether (sulfide) groups is 1. The van der Waals surface area contributed by atoms with Crippen molar-refractivity contribution in [3.8, 4) is 11.1 Å². The van der Waals surface area contributed by atoms with Gasteiger partial charge in [0.1, 0.15) is 11.4 Å². The minimum atomic E-state index is -0.643. The summed E-state index contributed by atoms with van der Waals surface area (Å²) in [6.45, 7) is 17.6. The van der Waals surface area contributed by atoms with E-state index in [0.717, 1.165) is 26.0 Å². The number of nitrogens with zero attached hydrogens (tertiary/aromatic N) is 1. The Kier molecular flexibility index (Phi) is 16.2. The zero-order chi connectivity index (χ0) is 33.6. The molecule has 1 aromatic heterocycles. The molecule has 1 unspecified atom stereocenters. The Balaban J connectivity index is 0.00000169. The highest BCUT2D eigenvalue weighted by Crippen LogP contribution is 2.39. The lowest BCUT2D eigenvalue weighted by Gasteiger charge is -2.19. The van der Waals surface area contributed by atoms with E-state index in [4.69, 9.17) is 13.9 Å². The van der Waals surface area contributed by atoms with Gasteiger partial charge in [-0.1, -0.05) is 94.0 Å². The molecule has 45 heavy (non-hydrogen) atoms. The number of carbonyl (C=O) groups excluding carboxylic acids is 1. The first-order chi connectivity index (χ1) is 21.5. The van der Waals surface area contributed by atoms with Gasteiger partial charge in [-0.05, 0) is 92.9 Å². The van der Waals surface area contributed by atoms with Gasteiger partial charge in [0.2, 0.25) is 0 Å². The van der Waals surface area contributed by atoms with Crippen LogP contribution in [-0.4, -0.2) is 23.8 Å². The molecule has 2 N–H and O–H groups in total. The summed E-state index contributed by atoms with van der Waals surface area (Å²) < 4.78 is 11.7. The van der Waals surface area contributed by atoms with E-state index in [9.17, 15) is 4.79 Å². The molecule has 1 amide bonds. The lowest BCUT2D eigenvalue weighted by Crippen LogP contribution is -2.36. The second-order valence-corrected chi connectivity index (χ2v) is 15.3. The quantitative estimate of drug-likeness (QED) is 0.113. The average Bonchev–Trinajstić information content (AvgIpc) is 3.34. The normalized spacial score (nSPS) is 13.2. The molecule has 0 fully saturated rings. The molecule has 5 nitrogen and oxygen atoms in total. The number of ether oxygens (including phenoxy) is 1. The molecular weight excluding hydrogens is 635 g/mol. The van der Waals surface area contributed by atoms with Gasteiger partial charge >= 0.3 is 6.09 Å². The number of rotatable bonds is 7. The van der Waals surface area contributed by atoms with Crippen LogP contribution in [0.5, 0.6) is 0 Å². The molecule has 9 heteroatoms. The molecular formula is C36H47N3O2S4. The van der Waals surface area contributed by atoms with Crippen molar-refractivity contribution in [1.29, 1.82) is 5.41 Å². The maximum absolute atomic E-state index is 12.4. The molecule has 2 aromatic carbocycles. The highest BCUT2D eigenvalue weighted by molar-refractivity contribution is 8.08. The van der Waals surface area contributed by atoms with Crippen LogP contribution in [0.4, 0.5) is 4.79 Å². The number of aryl methyl sites for hydroxylation is 1. The number of hydrogen-bond acceptors (Lipinski definition) is 7. The van der Waals surface area contributed by atoms with Crippen LogP contribution in [0, 0.1) is 12.3 Å². The van der Waals surface area contributed by atoms with Crippen LogP contribution >= 0.6 is 35.0 Å². The summed E-state index contributed by atoms with van der Waals surface area (Å²) in [6.07, 6.45) is 10.8. The van der Waals surface area contributed by atoms with Crippen molar-refractivity contribution in [2.75, 3.05) is 6.26 Å². The minimum Gasteiger partial charge on any atom is -0.444 e. The van der Waals surface area contributed by atoms with Crippen molar-refractivity contribution in [2.24, 2.45) is 3.77 Å². The summed E-state index contributed by atoms with van der Waals surface area (Å²) in [5, 5.41) is 11.2. The fraction of sp³-hybridized carbons (Fsp3) is 0.333. The SMILES string of the molecule is CC.CC.CSc1sc(C(=N)NC(=O)OC(C)(C)C)cc1/S(=N\SC1=CC=C(C)C=CC1)c1cccc(-c2ccccc2C)c1. The van der Waals surface area contributed by atoms with Crippen LogP contribution in [0.25, 0.3) is 11.1 Å². The fourth-order valence-corrected chi connectivity index (χ4v) is 9.19. The predicted molar refractivity (Wildman–Crippen MR) is 201 cm³/mol. The largest absolute Gasteiger partial charge is 0.444 e. The Labute approximate surface area is 285 Å². The zero-order valence-electron chi connectivity index (χ0n) is 28.1. The summed E-state index contributed by atoms with van der Waals surface area (Å²) in [5.41, 5.74) is 4.14. The number of alkyl carbamates (subject to hydrolysis) is 1. The van der Waals surface area contributed by atoms with Crippen molar-refractivity contribution >= 4 is 57.7 Å². The molecule has 1 aliphatic rings. The van der Waals surface area contributed by atoms with Crippen LogP contribution in [0.3, 0.4) is 0 Å². The number of allylic oxidation sites excluding steroid dienone is 6. The number of benzene rings is 2. The molecule has 1 atom stereocenters. The first kappa shape index (κ1) is 38.3. The number of thiophene rings is 1. The van der Waals surface area contributed by atoms with Gasteiger partial charge in [-0.25, -0.2) is 4.79 Å². The number of nitrogens with one attached hydrogen (secondary N) is 2. The smallest absolute Gasteiger partial charge is 0.413 e. The van der Waals surface area contributed by atoms with E-state index in [1.54, 1.807) is 32.5 Å². The molecule has 1 heterocycles. The molecule has 0 saturated heterocycles. The van der Waals surface area contributed by atoms with Crippen LogP contribution in [-0.2, 0) is 15.4 Å². The van der Waals surface area contributed by atoms with Crippen molar-refractivity contribution in [2.45, 2.75) is 88.3 Å². The lowest BCUT2D eigenvalue weighted by atomic mass is 10.0. The Bertz CT molecular complexity index is 1580. The number of carbonyl (C=O) groups is 1. The lowest BCUT2D eigenvalue weighted by molar-refractivity contribution is 0.0563. The van der Waals surface area contributed by atoms with Crippen molar-refractivity contribution in [1.82, 2.24) is 5.32 Å². The summed E-state index contributed by atoms with van der Waals surface area (Å²) in [4.78, 5) is 16.4. The molecule has 1 aliphatic carbocycles. The van der Waals surface area contributed by atoms with Gasteiger partial charge in [-0.15, -0.1) is 23.1 Å². The maximum Gasteiger partial charge on any atom is 0.413 e. The average molecular weight is 682 g/mol. The van der Waals surface area contributed by atoms with E-state index in [1.807, 2.05) is 40.0 Å². The summed E-state index contributed by atoms with van der Waals surface area (Å²) >= 11 is 4.65. The molecule has 0 radical (unpaired) electrons. The highest BCUT2D eigenvalue weighted by Gasteiger charge is 2.21. The molecule has 0 spiro atoms. The number of hydrogen-bond donors (Lipinski definition) is 2. The van der Waals surface area contributed by atoms with E-state index >= 15 is 0 Å². The van der Waals surface area contributed by atoms with Crippen LogP contribution in [0.15, 0.2) is 107 Å². The standard InChI is InChI=1S/C32H35N3O2S4.2C2H6/c1-21-11-9-14-24(18-17-21)40-35-41(25-15-10-13-23(19-25)26-16-8-7-12-22(26)2)28-20-27(39-30(28)38-6)29(33)34-31(36)37-32(3,4)5;2*1-2/h7-13,15-20H,14H2,1-6H3,(H2,33,34,36);2*1-2H3. The van der Waals surface area contributed by atoms with Gasteiger partial charge in [0.15, 0.2) is 0 Å². The topological polar surface area (TPSA) is 74.5 Å². The van der Waals surface area contributed by atoms with E-state index < -0.39 is 22.4 Å². The second-order valence-electron chi connectivity index (χ2n) is 10.4. The van der Waals surface area contributed by atoms with Crippen molar-refractivity contribution < 1.29 is 9.53 Å². The van der Waals surface area contributed by atoms with Crippen LogP contribution < -0.4 is 5.32 Å². The first-order valence-electron chi connectivity index (χ1n) is 15.1. The Morgan fingerprint density at radius 3 is 2.40 bits per heavy atom. The van der Waals surface area contributed by atoms with Gasteiger partial charge in [0.05, 0.1) is 9.09 Å². The Hall–Kier alpha value is -2.85. The first-order valence-corrected chi connectivity index (χ1v) is 19.1. The Morgan fingerprint density at radius 2 is 1.73 bits per heavy atom. The molecule has 4 rings (SSSR count). The van der Waals surface area contributed by atoms with Crippen LogP contribution in [0.1, 0.15) is 72.3 Å². The van der Waals surface area contributed by atoms with E-state index in [0.29, 0.717) is 4.88 Å². The van der Waals surface area contributed by atoms with E-state index in [1.165, 1.54) is 44.9 Å². The number of amidine groups is 1. The van der Waals surface area contributed by atoms with Gasteiger partial charge < -0.3 is 4.74 Å². The third kappa shape index (κ3) is 11.8. The van der Waals surface area contributed by atoms with Crippen molar-refractivity contribution in [3.63, 3.8) is 0 Å². The second kappa shape index (κ2) is 19.0. The molecule has 242 valence electrons. The number of amides is 1. The van der Waals surface area contributed by atoms with E-state index in [2.05, 4.69) is 92.0 Å². The van der Waals surface area contributed by atoms with Gasteiger partial charge in [-0.3, -0.25) is 10.7 Å². The van der Waals surface area contributed by atoms with E-state index in [-0.39, 0.29) is 5.84 Å². The van der Waals surface area contributed by atoms with Crippen molar-refractivity contribution in [3.05, 3.63) is 99.8 Å². The summed E-state index contributed by atoms with van der Waals surface area (Å²) in [6, 6.07) is 19.0.